The summed E-state index contributed by atoms with van der Waals surface area (Å²) in [7, 11) is 0. The van der Waals surface area contributed by atoms with E-state index in [0.717, 1.165) is 17.4 Å². The quantitative estimate of drug-likeness (QED) is 0.774. The minimum atomic E-state index is -0.620. The number of rotatable bonds is 5. The zero-order valence-corrected chi connectivity index (χ0v) is 16.6. The SMILES string of the molecule is C[C@@H](NC(=O)COC(=O)[C@H]1CS[C@@]2(C)CCC(=O)N12)c1cc2ccccc2o1. The maximum absolute atomic E-state index is 12.4. The summed E-state index contributed by atoms with van der Waals surface area (Å²) in [5.41, 5.74) is 0.752. The number of ether oxygens (including phenoxy) is 1. The van der Waals surface area contributed by atoms with Crippen LogP contribution in [0, 0.1) is 0 Å². The Morgan fingerprint density at radius 3 is 3.00 bits per heavy atom. The van der Waals surface area contributed by atoms with E-state index in [1.54, 1.807) is 23.6 Å². The molecule has 1 aromatic carbocycles. The molecule has 0 spiro atoms. The summed E-state index contributed by atoms with van der Waals surface area (Å²) in [6.45, 7) is 3.39. The highest BCUT2D eigenvalue weighted by molar-refractivity contribution is 8.01. The molecule has 2 saturated heterocycles. The van der Waals surface area contributed by atoms with Crippen molar-refractivity contribution in [2.75, 3.05) is 12.4 Å². The molecule has 2 amide bonds. The topological polar surface area (TPSA) is 88.8 Å². The molecule has 0 unspecified atom stereocenters. The van der Waals surface area contributed by atoms with Crippen molar-refractivity contribution in [2.24, 2.45) is 0 Å². The Morgan fingerprint density at radius 2 is 2.21 bits per heavy atom. The summed E-state index contributed by atoms with van der Waals surface area (Å²) in [5.74, 6) is 0.155. The second-order valence-corrected chi connectivity index (χ2v) is 8.85. The standard InChI is InChI=1S/C20H22N2O5S/c1-12(16-9-13-5-3-4-6-15(13)27-16)21-17(23)10-26-19(25)14-11-28-20(2)8-7-18(24)22(14)20/h3-6,9,12,14H,7-8,10-11H2,1-2H3,(H,21,23)/t12-,14-,20+/m1/s1. The van der Waals surface area contributed by atoms with E-state index in [9.17, 15) is 14.4 Å². The van der Waals surface area contributed by atoms with Crippen LogP contribution in [-0.4, -0.2) is 46.0 Å². The van der Waals surface area contributed by atoms with Gasteiger partial charge in [0.05, 0.1) is 10.9 Å². The van der Waals surface area contributed by atoms with Crippen molar-refractivity contribution in [2.45, 2.75) is 43.6 Å². The van der Waals surface area contributed by atoms with Crippen LogP contribution in [0.3, 0.4) is 0 Å². The third-order valence-corrected chi connectivity index (χ3v) is 6.82. The second kappa shape index (κ2) is 7.16. The normalized spacial score (nSPS) is 25.0. The van der Waals surface area contributed by atoms with Crippen LogP contribution < -0.4 is 5.32 Å². The third-order valence-electron chi connectivity index (χ3n) is 5.31. The highest BCUT2D eigenvalue weighted by Gasteiger charge is 2.53. The molecule has 0 bridgehead atoms. The molecule has 28 heavy (non-hydrogen) atoms. The lowest BCUT2D eigenvalue weighted by molar-refractivity contribution is -0.156. The van der Waals surface area contributed by atoms with Crippen molar-refractivity contribution in [3.05, 3.63) is 36.1 Å². The summed E-state index contributed by atoms with van der Waals surface area (Å²) in [4.78, 5) is 38.0. The van der Waals surface area contributed by atoms with Crippen molar-refractivity contribution in [1.29, 1.82) is 0 Å². The van der Waals surface area contributed by atoms with Gasteiger partial charge in [0, 0.05) is 17.6 Å². The van der Waals surface area contributed by atoms with Gasteiger partial charge in [-0.1, -0.05) is 18.2 Å². The zero-order valence-electron chi connectivity index (χ0n) is 15.8. The number of esters is 1. The number of amides is 2. The van der Waals surface area contributed by atoms with Gasteiger partial charge in [0.2, 0.25) is 5.91 Å². The van der Waals surface area contributed by atoms with E-state index in [4.69, 9.17) is 9.15 Å². The maximum atomic E-state index is 12.4. The first-order valence-corrected chi connectivity index (χ1v) is 10.3. The molecule has 2 aliphatic rings. The molecule has 2 aromatic rings. The van der Waals surface area contributed by atoms with Crippen LogP contribution >= 0.6 is 11.8 Å². The Hall–Kier alpha value is -2.48. The highest BCUT2D eigenvalue weighted by atomic mass is 32.2. The van der Waals surface area contributed by atoms with E-state index in [0.29, 0.717) is 17.9 Å². The molecule has 2 fully saturated rings. The predicted molar refractivity (Wildman–Crippen MR) is 104 cm³/mol. The van der Waals surface area contributed by atoms with E-state index in [1.807, 2.05) is 37.3 Å². The van der Waals surface area contributed by atoms with Gasteiger partial charge in [-0.25, -0.2) is 4.79 Å². The van der Waals surface area contributed by atoms with Crippen molar-refractivity contribution in [3.8, 4) is 0 Å². The number of hydrogen-bond donors (Lipinski definition) is 1. The lowest BCUT2D eigenvalue weighted by atomic mass is 10.2. The zero-order chi connectivity index (χ0) is 19.9. The summed E-state index contributed by atoms with van der Waals surface area (Å²) in [6.07, 6.45) is 1.18. The summed E-state index contributed by atoms with van der Waals surface area (Å²) in [5, 5.41) is 3.73. The molecular formula is C20H22N2O5S. The molecular weight excluding hydrogens is 380 g/mol. The molecule has 3 heterocycles. The monoisotopic (exact) mass is 402 g/mol. The molecule has 0 aliphatic carbocycles. The number of nitrogens with one attached hydrogen (secondary N) is 1. The minimum Gasteiger partial charge on any atom is -0.459 e. The smallest absolute Gasteiger partial charge is 0.330 e. The average Bonchev–Trinajstić information content (AvgIpc) is 3.33. The number of benzene rings is 1. The van der Waals surface area contributed by atoms with Crippen LogP contribution in [0.4, 0.5) is 0 Å². The third kappa shape index (κ3) is 3.37. The first-order valence-electron chi connectivity index (χ1n) is 9.28. The number of carbonyl (C=O) groups is 3. The first-order chi connectivity index (χ1) is 13.4. The summed E-state index contributed by atoms with van der Waals surface area (Å²) >= 11 is 1.59. The maximum Gasteiger partial charge on any atom is 0.330 e. The van der Waals surface area contributed by atoms with E-state index in [2.05, 4.69) is 5.32 Å². The molecule has 7 nitrogen and oxygen atoms in total. The predicted octanol–water partition coefficient (Wildman–Crippen LogP) is 2.61. The van der Waals surface area contributed by atoms with Gasteiger partial charge in [-0.05, 0) is 32.4 Å². The van der Waals surface area contributed by atoms with Gasteiger partial charge in [0.25, 0.3) is 5.91 Å². The van der Waals surface area contributed by atoms with Crippen LogP contribution in [0.1, 0.15) is 38.5 Å². The highest BCUT2D eigenvalue weighted by Crippen LogP contribution is 2.47. The lowest BCUT2D eigenvalue weighted by Gasteiger charge is -2.29. The van der Waals surface area contributed by atoms with Crippen molar-refractivity contribution in [3.63, 3.8) is 0 Å². The van der Waals surface area contributed by atoms with Gasteiger partial charge in [0.15, 0.2) is 6.61 Å². The number of furan rings is 1. The Bertz CT molecular complexity index is 909. The Labute approximate surface area is 166 Å². The van der Waals surface area contributed by atoms with Gasteiger partial charge in [-0.3, -0.25) is 9.59 Å². The second-order valence-electron chi connectivity index (χ2n) is 7.35. The number of thioether (sulfide) groups is 1. The number of nitrogens with zero attached hydrogens (tertiary/aromatic N) is 1. The molecule has 0 saturated carbocycles. The Balaban J connectivity index is 1.31. The first kappa shape index (κ1) is 18.9. The number of carbonyl (C=O) groups excluding carboxylic acids is 3. The van der Waals surface area contributed by atoms with E-state index < -0.39 is 17.9 Å². The molecule has 148 valence electrons. The van der Waals surface area contributed by atoms with Crippen LogP contribution in [0.25, 0.3) is 11.0 Å². The molecule has 3 atom stereocenters. The van der Waals surface area contributed by atoms with Crippen LogP contribution in [0.5, 0.6) is 0 Å². The largest absolute Gasteiger partial charge is 0.459 e. The Morgan fingerprint density at radius 1 is 1.43 bits per heavy atom. The van der Waals surface area contributed by atoms with Crippen LogP contribution in [0.15, 0.2) is 34.7 Å². The average molecular weight is 402 g/mol. The van der Waals surface area contributed by atoms with E-state index in [-0.39, 0.29) is 23.4 Å². The van der Waals surface area contributed by atoms with Crippen molar-refractivity contribution in [1.82, 2.24) is 10.2 Å². The molecule has 4 rings (SSSR count). The van der Waals surface area contributed by atoms with Crippen LogP contribution in [0.2, 0.25) is 0 Å². The Kier molecular flexibility index (Phi) is 4.82. The summed E-state index contributed by atoms with van der Waals surface area (Å²) in [6, 6.07) is 8.50. The van der Waals surface area contributed by atoms with Crippen molar-refractivity contribution < 1.29 is 23.5 Å². The van der Waals surface area contributed by atoms with Gasteiger partial charge in [-0.2, -0.15) is 0 Å². The van der Waals surface area contributed by atoms with Gasteiger partial charge in [0.1, 0.15) is 17.4 Å². The van der Waals surface area contributed by atoms with Gasteiger partial charge >= 0.3 is 5.97 Å². The fraction of sp³-hybridized carbons (Fsp3) is 0.450. The molecule has 1 N–H and O–H groups in total. The molecule has 0 radical (unpaired) electrons. The molecule has 1 aromatic heterocycles. The van der Waals surface area contributed by atoms with Gasteiger partial charge in [-0.15, -0.1) is 11.8 Å². The fourth-order valence-electron chi connectivity index (χ4n) is 3.80. The number of hydrogen-bond acceptors (Lipinski definition) is 6. The fourth-order valence-corrected chi connectivity index (χ4v) is 5.21. The van der Waals surface area contributed by atoms with E-state index in [1.165, 1.54) is 0 Å². The van der Waals surface area contributed by atoms with Crippen molar-refractivity contribution >= 4 is 40.5 Å². The summed E-state index contributed by atoms with van der Waals surface area (Å²) < 4.78 is 10.9. The molecule has 8 heteroatoms. The van der Waals surface area contributed by atoms with E-state index >= 15 is 0 Å². The van der Waals surface area contributed by atoms with Crippen LogP contribution in [-0.2, 0) is 19.1 Å². The number of para-hydroxylation sites is 1. The van der Waals surface area contributed by atoms with Gasteiger partial charge < -0.3 is 19.4 Å². The lowest BCUT2D eigenvalue weighted by Crippen LogP contribution is -2.47. The molecule has 2 aliphatic heterocycles. The minimum absolute atomic E-state index is 0.0302. The number of fused-ring (bicyclic) bond motifs is 2.